The van der Waals surface area contributed by atoms with E-state index in [-0.39, 0.29) is 6.61 Å². The molecule has 0 fully saturated rings. The van der Waals surface area contributed by atoms with Crippen molar-refractivity contribution in [1.29, 1.82) is 0 Å². The van der Waals surface area contributed by atoms with Crippen molar-refractivity contribution in [3.8, 4) is 34.5 Å². The second kappa shape index (κ2) is 11.2. The van der Waals surface area contributed by atoms with Gasteiger partial charge in [-0.05, 0) is 41.8 Å². The zero-order valence-corrected chi connectivity index (χ0v) is 18.2. The maximum atomic E-state index is 9.96. The van der Waals surface area contributed by atoms with Gasteiger partial charge < -0.3 is 33.5 Å². The fourth-order valence-corrected chi connectivity index (χ4v) is 3.16. The summed E-state index contributed by atoms with van der Waals surface area (Å²) in [6, 6.07) is 7.39. The molecule has 0 aliphatic heterocycles. The van der Waals surface area contributed by atoms with Crippen molar-refractivity contribution in [3.63, 3.8) is 0 Å². The van der Waals surface area contributed by atoms with Crippen LogP contribution in [0.5, 0.6) is 34.5 Å². The molecular weight excluding hydrogens is 388 g/mol. The van der Waals surface area contributed by atoms with E-state index in [0.717, 1.165) is 11.1 Å². The fourth-order valence-electron chi connectivity index (χ4n) is 3.16. The van der Waals surface area contributed by atoms with Crippen LogP contribution in [0.3, 0.4) is 0 Å². The molecule has 30 heavy (non-hydrogen) atoms. The van der Waals surface area contributed by atoms with Crippen LogP contribution in [0.1, 0.15) is 11.1 Å². The molecule has 1 unspecified atom stereocenters. The summed E-state index contributed by atoms with van der Waals surface area (Å²) >= 11 is 0. The van der Waals surface area contributed by atoms with Gasteiger partial charge in [-0.2, -0.15) is 0 Å². The SMILES string of the molecule is C=CCc1cc(OC)c(OC(CO)Cc2cc(OC)c(OC)c(OC)c2)c(OC)c1. The number of allylic oxidation sites excluding steroid dienone is 1. The Labute approximate surface area is 177 Å². The van der Waals surface area contributed by atoms with E-state index in [0.29, 0.717) is 47.3 Å². The molecule has 0 saturated carbocycles. The minimum absolute atomic E-state index is 0.211. The summed E-state index contributed by atoms with van der Waals surface area (Å²) in [4.78, 5) is 0. The van der Waals surface area contributed by atoms with Gasteiger partial charge in [0.15, 0.2) is 23.0 Å². The number of rotatable bonds is 12. The summed E-state index contributed by atoms with van der Waals surface area (Å²) in [5.41, 5.74) is 1.83. The highest BCUT2D eigenvalue weighted by molar-refractivity contribution is 5.55. The van der Waals surface area contributed by atoms with E-state index in [1.54, 1.807) is 41.6 Å². The average molecular weight is 418 g/mol. The summed E-state index contributed by atoms with van der Waals surface area (Å²) in [7, 11) is 7.79. The van der Waals surface area contributed by atoms with Crippen LogP contribution in [0.15, 0.2) is 36.9 Å². The van der Waals surface area contributed by atoms with E-state index in [2.05, 4.69) is 6.58 Å². The number of benzene rings is 2. The molecule has 164 valence electrons. The van der Waals surface area contributed by atoms with Crippen LogP contribution in [-0.2, 0) is 12.8 Å². The quantitative estimate of drug-likeness (QED) is 0.529. The summed E-state index contributed by atoms with van der Waals surface area (Å²) < 4.78 is 33.3. The van der Waals surface area contributed by atoms with Crippen molar-refractivity contribution in [3.05, 3.63) is 48.0 Å². The van der Waals surface area contributed by atoms with Crippen LogP contribution in [-0.4, -0.2) is 53.4 Å². The van der Waals surface area contributed by atoms with Crippen LogP contribution in [0.4, 0.5) is 0 Å². The number of hydrogen-bond donors (Lipinski definition) is 1. The lowest BCUT2D eigenvalue weighted by Gasteiger charge is -2.22. The molecule has 7 heteroatoms. The number of methoxy groups -OCH3 is 5. The fraction of sp³-hybridized carbons (Fsp3) is 0.391. The minimum atomic E-state index is -0.555. The molecule has 0 heterocycles. The minimum Gasteiger partial charge on any atom is -0.493 e. The van der Waals surface area contributed by atoms with E-state index in [1.807, 2.05) is 24.3 Å². The smallest absolute Gasteiger partial charge is 0.203 e. The second-order valence-corrected chi connectivity index (χ2v) is 6.48. The second-order valence-electron chi connectivity index (χ2n) is 6.48. The zero-order chi connectivity index (χ0) is 22.1. The average Bonchev–Trinajstić information content (AvgIpc) is 2.78. The van der Waals surface area contributed by atoms with Gasteiger partial charge in [0.2, 0.25) is 11.5 Å². The molecule has 0 aromatic heterocycles. The van der Waals surface area contributed by atoms with Crippen LogP contribution in [0, 0.1) is 0 Å². The lowest BCUT2D eigenvalue weighted by atomic mass is 10.1. The monoisotopic (exact) mass is 418 g/mol. The first-order valence-corrected chi connectivity index (χ1v) is 9.47. The molecule has 2 aromatic carbocycles. The highest BCUT2D eigenvalue weighted by Crippen LogP contribution is 2.41. The number of aliphatic hydroxyl groups excluding tert-OH is 1. The Hall–Kier alpha value is -3.06. The largest absolute Gasteiger partial charge is 0.493 e. The Morgan fingerprint density at radius 3 is 1.63 bits per heavy atom. The Morgan fingerprint density at radius 2 is 1.23 bits per heavy atom. The van der Waals surface area contributed by atoms with E-state index in [1.165, 1.54) is 0 Å². The highest BCUT2D eigenvalue weighted by Gasteiger charge is 2.21. The van der Waals surface area contributed by atoms with Crippen LogP contribution in [0.2, 0.25) is 0 Å². The Bertz CT molecular complexity index is 797. The first-order chi connectivity index (χ1) is 14.5. The molecular formula is C23H30O7. The van der Waals surface area contributed by atoms with Crippen LogP contribution in [0.25, 0.3) is 0 Å². The molecule has 0 aliphatic rings. The maximum Gasteiger partial charge on any atom is 0.203 e. The first kappa shape index (κ1) is 23.2. The van der Waals surface area contributed by atoms with Crippen molar-refractivity contribution in [2.24, 2.45) is 0 Å². The van der Waals surface area contributed by atoms with Gasteiger partial charge in [-0.3, -0.25) is 0 Å². The number of ether oxygens (including phenoxy) is 6. The molecule has 0 saturated heterocycles. The lowest BCUT2D eigenvalue weighted by molar-refractivity contribution is 0.109. The predicted molar refractivity (Wildman–Crippen MR) is 115 cm³/mol. The third-order valence-electron chi connectivity index (χ3n) is 4.58. The van der Waals surface area contributed by atoms with Crippen molar-refractivity contribution in [2.75, 3.05) is 42.2 Å². The first-order valence-electron chi connectivity index (χ1n) is 9.47. The Kier molecular flexibility index (Phi) is 8.68. The van der Waals surface area contributed by atoms with Crippen LogP contribution < -0.4 is 28.4 Å². The molecule has 7 nitrogen and oxygen atoms in total. The third kappa shape index (κ3) is 5.30. The molecule has 1 N–H and O–H groups in total. The molecule has 2 aromatic rings. The van der Waals surface area contributed by atoms with Gasteiger partial charge in [0, 0.05) is 6.42 Å². The summed E-state index contributed by atoms with van der Waals surface area (Å²) in [5.74, 6) is 3.05. The molecule has 0 bridgehead atoms. The molecule has 1 atom stereocenters. The van der Waals surface area contributed by atoms with Crippen LogP contribution >= 0.6 is 0 Å². The van der Waals surface area contributed by atoms with E-state index < -0.39 is 6.10 Å². The molecule has 0 spiro atoms. The molecule has 0 radical (unpaired) electrons. The van der Waals surface area contributed by atoms with Crippen molar-refractivity contribution in [1.82, 2.24) is 0 Å². The third-order valence-corrected chi connectivity index (χ3v) is 4.58. The molecule has 2 rings (SSSR count). The van der Waals surface area contributed by atoms with E-state index >= 15 is 0 Å². The van der Waals surface area contributed by atoms with Crippen molar-refractivity contribution in [2.45, 2.75) is 18.9 Å². The highest BCUT2D eigenvalue weighted by atomic mass is 16.5. The van der Waals surface area contributed by atoms with Gasteiger partial charge in [-0.1, -0.05) is 6.08 Å². The topological polar surface area (TPSA) is 75.6 Å². The number of hydrogen-bond acceptors (Lipinski definition) is 7. The van der Waals surface area contributed by atoms with Gasteiger partial charge in [-0.15, -0.1) is 6.58 Å². The summed E-state index contributed by atoms with van der Waals surface area (Å²) in [6.07, 6.45) is 2.31. The normalized spacial score (nSPS) is 11.4. The van der Waals surface area contributed by atoms with Gasteiger partial charge in [0.1, 0.15) is 6.10 Å². The van der Waals surface area contributed by atoms with Gasteiger partial charge in [0.05, 0.1) is 42.2 Å². The standard InChI is InChI=1S/C23H30O7/c1-7-8-15-10-20(27-4)23(21(11-15)28-5)30-17(14-24)9-16-12-18(25-2)22(29-6)19(13-16)26-3/h7,10-13,17,24H,1,8-9,14H2,2-6H3. The van der Waals surface area contributed by atoms with Crippen molar-refractivity contribution < 1.29 is 33.5 Å². The van der Waals surface area contributed by atoms with Crippen molar-refractivity contribution >= 4 is 0 Å². The van der Waals surface area contributed by atoms with Gasteiger partial charge in [-0.25, -0.2) is 0 Å². The van der Waals surface area contributed by atoms with E-state index in [9.17, 15) is 5.11 Å². The Morgan fingerprint density at radius 1 is 0.767 bits per heavy atom. The number of aliphatic hydroxyl groups is 1. The molecule has 0 aliphatic carbocycles. The van der Waals surface area contributed by atoms with E-state index in [4.69, 9.17) is 28.4 Å². The molecule has 0 amide bonds. The maximum absolute atomic E-state index is 9.96. The lowest BCUT2D eigenvalue weighted by Crippen LogP contribution is -2.24. The zero-order valence-electron chi connectivity index (χ0n) is 18.2. The predicted octanol–water partition coefficient (Wildman–Crippen LogP) is 3.44. The summed E-state index contributed by atoms with van der Waals surface area (Å²) in [6.45, 7) is 3.55. The Balaban J connectivity index is 2.35. The van der Waals surface area contributed by atoms with Gasteiger partial charge >= 0.3 is 0 Å². The summed E-state index contributed by atoms with van der Waals surface area (Å²) in [5, 5.41) is 9.96. The van der Waals surface area contributed by atoms with Gasteiger partial charge in [0.25, 0.3) is 0 Å².